The number of nitrogens with one attached hydrogen (secondary N) is 1. The molecule has 0 amide bonds. The van der Waals surface area contributed by atoms with Crippen LogP contribution in [0.1, 0.15) is 33.6 Å². The van der Waals surface area contributed by atoms with Crippen LogP contribution in [0.2, 0.25) is 0 Å². The second kappa shape index (κ2) is 3.62. The van der Waals surface area contributed by atoms with Crippen LogP contribution in [-0.4, -0.2) is 16.7 Å². The molecule has 1 fully saturated rings. The van der Waals surface area contributed by atoms with Crippen molar-refractivity contribution in [3.05, 3.63) is 5.89 Å². The van der Waals surface area contributed by atoms with Gasteiger partial charge in [-0.1, -0.05) is 32.8 Å². The highest BCUT2D eigenvalue weighted by Crippen LogP contribution is 2.68. The Morgan fingerprint density at radius 3 is 2.31 bits per heavy atom. The fraction of sp³-hybridized carbons (Fsp3) is 0.818. The highest BCUT2D eigenvalue weighted by atomic mass is 35.5. The summed E-state index contributed by atoms with van der Waals surface area (Å²) in [6, 6.07) is 0.467. The van der Waals surface area contributed by atoms with E-state index in [0.717, 1.165) is 6.54 Å². The minimum atomic E-state index is 0.259. The summed E-state index contributed by atoms with van der Waals surface area (Å²) < 4.78 is 5.28. The minimum Gasteiger partial charge on any atom is -0.407 e. The third-order valence-electron chi connectivity index (χ3n) is 4.36. The Morgan fingerprint density at radius 2 is 1.88 bits per heavy atom. The second-order valence-electron chi connectivity index (χ2n) is 5.51. The van der Waals surface area contributed by atoms with Crippen LogP contribution < -0.4 is 5.32 Å². The number of anilines is 1. The number of halogens is 1. The Hall–Kier alpha value is -0.770. The maximum absolute atomic E-state index is 5.58. The molecule has 0 unspecified atom stereocenters. The maximum Gasteiger partial charge on any atom is 0.315 e. The van der Waals surface area contributed by atoms with Crippen molar-refractivity contribution in [3.63, 3.8) is 0 Å². The molecule has 1 N–H and O–H groups in total. The van der Waals surface area contributed by atoms with E-state index in [-0.39, 0.29) is 5.88 Å². The molecule has 0 aliphatic heterocycles. The van der Waals surface area contributed by atoms with Crippen molar-refractivity contribution in [1.82, 2.24) is 10.2 Å². The van der Waals surface area contributed by atoms with E-state index in [9.17, 15) is 0 Å². The zero-order valence-corrected chi connectivity index (χ0v) is 10.9. The first kappa shape index (κ1) is 11.7. The number of hydrogen-bond acceptors (Lipinski definition) is 4. The summed E-state index contributed by atoms with van der Waals surface area (Å²) in [4.78, 5) is 0. The molecule has 1 heterocycles. The molecule has 90 valence electrons. The quantitative estimate of drug-likeness (QED) is 0.827. The first-order valence-corrected chi connectivity index (χ1v) is 6.05. The average molecular weight is 244 g/mol. The van der Waals surface area contributed by atoms with Gasteiger partial charge < -0.3 is 9.73 Å². The van der Waals surface area contributed by atoms with Gasteiger partial charge >= 0.3 is 6.01 Å². The molecule has 0 spiro atoms. The zero-order valence-electron chi connectivity index (χ0n) is 10.2. The summed E-state index contributed by atoms with van der Waals surface area (Å²) in [6.07, 6.45) is 0. The van der Waals surface area contributed by atoms with Crippen molar-refractivity contribution < 1.29 is 4.42 Å². The van der Waals surface area contributed by atoms with Crippen LogP contribution >= 0.6 is 11.6 Å². The Morgan fingerprint density at radius 1 is 1.25 bits per heavy atom. The molecule has 0 saturated heterocycles. The summed E-state index contributed by atoms with van der Waals surface area (Å²) in [5.41, 5.74) is 0.741. The first-order valence-electron chi connectivity index (χ1n) is 5.52. The molecule has 1 aliphatic carbocycles. The number of hydrogen-bond donors (Lipinski definition) is 1. The van der Waals surface area contributed by atoms with Crippen LogP contribution in [0, 0.1) is 16.7 Å². The summed E-state index contributed by atoms with van der Waals surface area (Å²) >= 11 is 5.58. The molecule has 4 nitrogen and oxygen atoms in total. The molecule has 0 radical (unpaired) electrons. The summed E-state index contributed by atoms with van der Waals surface area (Å²) in [5.74, 6) is 1.35. The third kappa shape index (κ3) is 1.69. The lowest BCUT2D eigenvalue weighted by atomic mass is 10.0. The van der Waals surface area contributed by atoms with Crippen molar-refractivity contribution >= 4 is 17.6 Å². The molecule has 1 saturated carbocycles. The highest BCUT2D eigenvalue weighted by Gasteiger charge is 2.64. The highest BCUT2D eigenvalue weighted by molar-refractivity contribution is 6.16. The van der Waals surface area contributed by atoms with E-state index in [0.29, 0.717) is 28.7 Å². The van der Waals surface area contributed by atoms with Crippen molar-refractivity contribution in [3.8, 4) is 0 Å². The second-order valence-corrected chi connectivity index (χ2v) is 5.78. The molecule has 0 aromatic carbocycles. The van der Waals surface area contributed by atoms with Gasteiger partial charge in [0.2, 0.25) is 5.89 Å². The Kier molecular flexibility index (Phi) is 2.65. The Bertz CT molecular complexity index is 372. The van der Waals surface area contributed by atoms with Gasteiger partial charge in [-0.25, -0.2) is 0 Å². The van der Waals surface area contributed by atoms with E-state index in [1.54, 1.807) is 0 Å². The van der Waals surface area contributed by atoms with Crippen LogP contribution in [0.5, 0.6) is 0 Å². The SMILES string of the molecule is CC1(C)C(CNc2nnc(CCl)o2)C1(C)C. The molecular weight excluding hydrogens is 226 g/mol. The molecule has 16 heavy (non-hydrogen) atoms. The third-order valence-corrected chi connectivity index (χ3v) is 4.59. The minimum absolute atomic E-state index is 0.259. The predicted molar refractivity (Wildman–Crippen MR) is 63.4 cm³/mol. The van der Waals surface area contributed by atoms with E-state index < -0.39 is 0 Å². The lowest BCUT2D eigenvalue weighted by Gasteiger charge is -2.04. The maximum atomic E-state index is 5.58. The van der Waals surface area contributed by atoms with Crippen LogP contribution in [0.15, 0.2) is 4.42 Å². The standard InChI is InChI=1S/C11H18ClN3O/c1-10(2)7(11(10,3)4)6-13-9-15-14-8(5-12)16-9/h7H,5-6H2,1-4H3,(H,13,15). The molecule has 1 aromatic rings. The van der Waals surface area contributed by atoms with Gasteiger partial charge in [-0.3, -0.25) is 0 Å². The smallest absolute Gasteiger partial charge is 0.315 e. The molecule has 2 rings (SSSR count). The van der Waals surface area contributed by atoms with Crippen LogP contribution in [0.25, 0.3) is 0 Å². The van der Waals surface area contributed by atoms with Gasteiger partial charge in [-0.2, -0.15) is 0 Å². The zero-order chi connectivity index (χ0) is 12.0. The fourth-order valence-corrected chi connectivity index (χ4v) is 2.52. The molecule has 0 atom stereocenters. The van der Waals surface area contributed by atoms with Gasteiger partial charge in [0.15, 0.2) is 0 Å². The number of nitrogens with zero attached hydrogens (tertiary/aromatic N) is 2. The number of aromatic nitrogens is 2. The van der Waals surface area contributed by atoms with Gasteiger partial charge in [0.05, 0.1) is 0 Å². The van der Waals surface area contributed by atoms with E-state index in [2.05, 4.69) is 43.2 Å². The van der Waals surface area contributed by atoms with Crippen molar-refractivity contribution in [2.45, 2.75) is 33.6 Å². The summed E-state index contributed by atoms with van der Waals surface area (Å²) in [6.45, 7) is 10.0. The van der Waals surface area contributed by atoms with Crippen LogP contribution in [-0.2, 0) is 5.88 Å². The largest absolute Gasteiger partial charge is 0.407 e. The van der Waals surface area contributed by atoms with E-state index in [1.165, 1.54) is 0 Å². The lowest BCUT2D eigenvalue weighted by molar-refractivity contribution is 0.457. The van der Waals surface area contributed by atoms with Crippen LogP contribution in [0.4, 0.5) is 6.01 Å². The number of rotatable bonds is 4. The van der Waals surface area contributed by atoms with Gasteiger partial charge in [0.1, 0.15) is 5.88 Å². The molecular formula is C11H18ClN3O. The fourth-order valence-electron chi connectivity index (χ4n) is 2.41. The molecule has 1 aromatic heterocycles. The normalized spacial score (nSPS) is 22.1. The molecule has 0 bridgehead atoms. The van der Waals surface area contributed by atoms with Crippen molar-refractivity contribution in [2.75, 3.05) is 11.9 Å². The molecule has 1 aliphatic rings. The Balaban J connectivity index is 1.90. The summed E-state index contributed by atoms with van der Waals surface area (Å²) in [5, 5.41) is 10.8. The molecule has 5 heteroatoms. The number of alkyl halides is 1. The Labute approximate surface area is 101 Å². The first-order chi connectivity index (χ1) is 7.39. The van der Waals surface area contributed by atoms with Crippen molar-refractivity contribution in [1.29, 1.82) is 0 Å². The topological polar surface area (TPSA) is 51.0 Å². The van der Waals surface area contributed by atoms with Gasteiger partial charge in [0, 0.05) is 6.54 Å². The van der Waals surface area contributed by atoms with Gasteiger partial charge in [-0.05, 0) is 16.7 Å². The average Bonchev–Trinajstić information content (AvgIpc) is 2.60. The predicted octanol–water partition coefficient (Wildman–Crippen LogP) is 2.90. The van der Waals surface area contributed by atoms with Crippen LogP contribution in [0.3, 0.4) is 0 Å². The van der Waals surface area contributed by atoms with E-state index in [1.807, 2.05) is 0 Å². The van der Waals surface area contributed by atoms with E-state index in [4.69, 9.17) is 16.0 Å². The summed E-state index contributed by atoms with van der Waals surface area (Å²) in [7, 11) is 0. The van der Waals surface area contributed by atoms with E-state index >= 15 is 0 Å². The van der Waals surface area contributed by atoms with Crippen molar-refractivity contribution in [2.24, 2.45) is 16.7 Å². The lowest BCUT2D eigenvalue weighted by Crippen LogP contribution is -2.08. The van der Waals surface area contributed by atoms with Gasteiger partial charge in [0.25, 0.3) is 0 Å². The monoisotopic (exact) mass is 243 g/mol. The van der Waals surface area contributed by atoms with Gasteiger partial charge in [-0.15, -0.1) is 16.7 Å².